The topological polar surface area (TPSA) is 125 Å². The van der Waals surface area contributed by atoms with E-state index in [0.717, 1.165) is 64.5 Å². The maximum absolute atomic E-state index is 14.7. The zero-order valence-electron chi connectivity index (χ0n) is 25.8. The van der Waals surface area contributed by atoms with Gasteiger partial charge < -0.3 is 19.9 Å². The molecule has 1 aliphatic carbocycles. The fourth-order valence-electron chi connectivity index (χ4n) is 6.09. The van der Waals surface area contributed by atoms with E-state index in [1.165, 1.54) is 18.6 Å². The highest BCUT2D eigenvalue weighted by molar-refractivity contribution is 6.00. The summed E-state index contributed by atoms with van der Waals surface area (Å²) in [5.41, 5.74) is 6.56. The summed E-state index contributed by atoms with van der Waals surface area (Å²) in [6.07, 6.45) is 12.2. The van der Waals surface area contributed by atoms with E-state index < -0.39 is 5.82 Å². The van der Waals surface area contributed by atoms with Crippen molar-refractivity contribution in [3.05, 3.63) is 73.1 Å². The maximum Gasteiger partial charge on any atom is 0.227 e. The van der Waals surface area contributed by atoms with Crippen LogP contribution < -0.4 is 10.1 Å². The van der Waals surface area contributed by atoms with Gasteiger partial charge >= 0.3 is 0 Å². The summed E-state index contributed by atoms with van der Waals surface area (Å²) in [6.45, 7) is 1.16. The molecule has 234 valence electrons. The third-order valence-electron chi connectivity index (χ3n) is 8.49. The molecule has 1 fully saturated rings. The van der Waals surface area contributed by atoms with Gasteiger partial charge in [-0.2, -0.15) is 5.10 Å². The molecule has 6 aromatic rings. The summed E-state index contributed by atoms with van der Waals surface area (Å²) in [5, 5.41) is 12.3. The number of nitrogens with one attached hydrogen (secondary N) is 3. The monoisotopic (exact) mass is 618 g/mol. The lowest BCUT2D eigenvalue weighted by atomic mass is 9.88. The minimum atomic E-state index is -0.391. The highest BCUT2D eigenvalue weighted by atomic mass is 19.1. The van der Waals surface area contributed by atoms with Crippen molar-refractivity contribution in [3.8, 4) is 39.5 Å². The first-order valence-corrected chi connectivity index (χ1v) is 15.6. The molecule has 0 saturated heterocycles. The molecule has 5 heterocycles. The van der Waals surface area contributed by atoms with Crippen molar-refractivity contribution in [3.63, 3.8) is 0 Å². The van der Waals surface area contributed by atoms with Crippen molar-refractivity contribution < 1.29 is 13.9 Å². The second kappa shape index (κ2) is 12.7. The molecule has 0 unspecified atom stereocenters. The molecule has 46 heavy (non-hydrogen) atoms. The van der Waals surface area contributed by atoms with Gasteiger partial charge in [-0.1, -0.05) is 19.3 Å². The number of amides is 1. The molecule has 5 aromatic heterocycles. The predicted molar refractivity (Wildman–Crippen MR) is 177 cm³/mol. The average molecular weight is 619 g/mol. The Morgan fingerprint density at radius 2 is 1.83 bits per heavy atom. The number of anilines is 1. The molecule has 0 aliphatic heterocycles. The number of nitrogens with zero attached hydrogens (tertiary/aromatic N) is 5. The van der Waals surface area contributed by atoms with Gasteiger partial charge in [-0.3, -0.25) is 19.9 Å². The maximum atomic E-state index is 14.7. The SMILES string of the molecule is CN(C)CCOc1cc(F)cc(-c2nccc3[nH]c(-c4[nH]nc5ncc(-c6cncc(NC(=O)C7CCCCC7)c6)cc45)cc23)c1. The minimum absolute atomic E-state index is 0.0559. The van der Waals surface area contributed by atoms with E-state index in [1.54, 1.807) is 24.8 Å². The Balaban J connectivity index is 1.19. The number of hydrogen-bond donors (Lipinski definition) is 3. The van der Waals surface area contributed by atoms with Crippen LogP contribution in [0.25, 0.3) is 55.7 Å². The third kappa shape index (κ3) is 6.18. The lowest BCUT2D eigenvalue weighted by Gasteiger charge is -2.20. The number of aromatic nitrogens is 6. The first kappa shape index (κ1) is 29.5. The van der Waals surface area contributed by atoms with Crippen molar-refractivity contribution >= 4 is 33.5 Å². The van der Waals surface area contributed by atoms with Gasteiger partial charge in [-0.15, -0.1) is 0 Å². The van der Waals surface area contributed by atoms with E-state index >= 15 is 0 Å². The molecule has 3 N–H and O–H groups in total. The van der Waals surface area contributed by atoms with E-state index in [1.807, 2.05) is 49.3 Å². The van der Waals surface area contributed by atoms with Crippen LogP contribution in [-0.2, 0) is 4.79 Å². The fraction of sp³-hybridized carbons (Fsp3) is 0.286. The Morgan fingerprint density at radius 1 is 0.978 bits per heavy atom. The summed E-state index contributed by atoms with van der Waals surface area (Å²) >= 11 is 0. The van der Waals surface area contributed by atoms with Gasteiger partial charge in [0, 0.05) is 70.1 Å². The molecule has 0 radical (unpaired) electrons. The predicted octanol–water partition coefficient (Wildman–Crippen LogP) is 6.83. The Hall–Kier alpha value is -5.16. The number of carbonyl (C=O) groups is 1. The highest BCUT2D eigenvalue weighted by Crippen LogP contribution is 2.35. The second-order valence-electron chi connectivity index (χ2n) is 12.1. The number of likely N-dealkylation sites (N-methyl/N-ethyl adjacent to an activating group) is 1. The van der Waals surface area contributed by atoms with Crippen LogP contribution in [0, 0.1) is 11.7 Å². The molecular formula is C35H35FN8O2. The minimum Gasteiger partial charge on any atom is -0.492 e. The number of pyridine rings is 3. The van der Waals surface area contributed by atoms with E-state index in [-0.39, 0.29) is 11.8 Å². The van der Waals surface area contributed by atoms with Gasteiger partial charge in [-0.05, 0) is 63.3 Å². The quantitative estimate of drug-likeness (QED) is 0.162. The van der Waals surface area contributed by atoms with Gasteiger partial charge in [0.1, 0.15) is 18.2 Å². The molecule has 1 saturated carbocycles. The average Bonchev–Trinajstić information content (AvgIpc) is 3.69. The third-order valence-corrected chi connectivity index (χ3v) is 8.49. The molecule has 0 atom stereocenters. The van der Waals surface area contributed by atoms with E-state index in [2.05, 4.69) is 35.5 Å². The number of aromatic amines is 2. The first-order valence-electron chi connectivity index (χ1n) is 15.6. The number of carbonyl (C=O) groups excluding carboxylic acids is 1. The van der Waals surface area contributed by atoms with Gasteiger partial charge in [0.2, 0.25) is 5.91 Å². The molecule has 1 amide bonds. The van der Waals surface area contributed by atoms with Crippen molar-refractivity contribution in [2.75, 3.05) is 32.6 Å². The van der Waals surface area contributed by atoms with Gasteiger partial charge in [0.15, 0.2) is 5.65 Å². The highest BCUT2D eigenvalue weighted by Gasteiger charge is 2.21. The van der Waals surface area contributed by atoms with Crippen LogP contribution in [0.3, 0.4) is 0 Å². The van der Waals surface area contributed by atoms with Gasteiger partial charge in [-0.25, -0.2) is 9.37 Å². The normalized spacial score (nSPS) is 13.9. The number of H-pyrrole nitrogens is 2. The van der Waals surface area contributed by atoms with E-state index in [9.17, 15) is 9.18 Å². The summed E-state index contributed by atoms with van der Waals surface area (Å²) in [4.78, 5) is 31.9. The van der Waals surface area contributed by atoms with E-state index in [4.69, 9.17) is 4.74 Å². The van der Waals surface area contributed by atoms with Gasteiger partial charge in [0.05, 0.1) is 29.0 Å². The lowest BCUT2D eigenvalue weighted by molar-refractivity contribution is -0.120. The van der Waals surface area contributed by atoms with Crippen LogP contribution in [0.4, 0.5) is 10.1 Å². The largest absolute Gasteiger partial charge is 0.492 e. The fourth-order valence-corrected chi connectivity index (χ4v) is 6.09. The Bertz CT molecular complexity index is 2030. The Kier molecular flexibility index (Phi) is 8.15. The summed E-state index contributed by atoms with van der Waals surface area (Å²) in [7, 11) is 3.92. The molecule has 1 aromatic carbocycles. The number of halogens is 1. The van der Waals surface area contributed by atoms with Crippen LogP contribution in [0.1, 0.15) is 32.1 Å². The smallest absolute Gasteiger partial charge is 0.227 e. The number of hydrogen-bond acceptors (Lipinski definition) is 7. The summed E-state index contributed by atoms with van der Waals surface area (Å²) in [6, 6.07) is 12.5. The van der Waals surface area contributed by atoms with Crippen molar-refractivity contribution in [2.24, 2.45) is 5.92 Å². The number of benzene rings is 1. The Labute approximate surface area is 265 Å². The van der Waals surface area contributed by atoms with Crippen LogP contribution >= 0.6 is 0 Å². The standard InChI is InChI=1S/C35H35FN8O2/c1-44(2)10-11-46-27-14-22(12-25(36)16-27)32-28-17-31(41-30(28)8-9-38-32)33-29-15-24(19-39-34(29)43-42-33)23-13-26(20-37-18-23)40-35(45)21-6-4-3-5-7-21/h8-9,12-21,41H,3-7,10-11H2,1-2H3,(H,40,45)(H,39,42,43). The first-order chi connectivity index (χ1) is 22.4. The number of ether oxygens (including phenoxy) is 1. The van der Waals surface area contributed by atoms with Crippen molar-refractivity contribution in [2.45, 2.75) is 32.1 Å². The summed E-state index contributed by atoms with van der Waals surface area (Å²) < 4.78 is 20.5. The molecule has 7 rings (SSSR count). The zero-order chi connectivity index (χ0) is 31.6. The van der Waals surface area contributed by atoms with Crippen LogP contribution in [-0.4, -0.2) is 68.2 Å². The van der Waals surface area contributed by atoms with Gasteiger partial charge in [0.25, 0.3) is 0 Å². The molecule has 10 nitrogen and oxygen atoms in total. The molecular weight excluding hydrogens is 583 g/mol. The van der Waals surface area contributed by atoms with Crippen molar-refractivity contribution in [1.82, 2.24) is 35.0 Å². The van der Waals surface area contributed by atoms with Crippen LogP contribution in [0.2, 0.25) is 0 Å². The molecule has 0 spiro atoms. The second-order valence-corrected chi connectivity index (χ2v) is 12.1. The molecule has 1 aliphatic rings. The number of rotatable bonds is 9. The Morgan fingerprint density at radius 3 is 2.67 bits per heavy atom. The van der Waals surface area contributed by atoms with Crippen LogP contribution in [0.15, 0.2) is 67.3 Å². The lowest BCUT2D eigenvalue weighted by Crippen LogP contribution is -2.24. The number of fused-ring (bicyclic) bond motifs is 2. The van der Waals surface area contributed by atoms with E-state index in [0.29, 0.717) is 41.5 Å². The molecule has 11 heteroatoms. The van der Waals surface area contributed by atoms with Crippen LogP contribution in [0.5, 0.6) is 5.75 Å². The zero-order valence-corrected chi connectivity index (χ0v) is 25.8. The van der Waals surface area contributed by atoms with Crippen molar-refractivity contribution in [1.29, 1.82) is 0 Å². The summed E-state index contributed by atoms with van der Waals surface area (Å²) in [5.74, 6) is 0.178. The molecule has 0 bridgehead atoms.